The Hall–Kier alpha value is -0.380. The average Bonchev–Trinajstić information content (AvgIpc) is 3.12. The first-order valence-electron chi connectivity index (χ1n) is 7.73. The summed E-state index contributed by atoms with van der Waals surface area (Å²) in [6.07, 6.45) is 6.66. The van der Waals surface area contributed by atoms with E-state index in [1.807, 2.05) is 11.3 Å². The van der Waals surface area contributed by atoms with Gasteiger partial charge in [0.15, 0.2) is 0 Å². The fraction of sp³-hybridized carbons (Fsp3) is 0.750. The second-order valence-electron chi connectivity index (χ2n) is 6.63. The highest BCUT2D eigenvalue weighted by Crippen LogP contribution is 2.33. The van der Waals surface area contributed by atoms with Crippen molar-refractivity contribution in [3.63, 3.8) is 0 Å². The van der Waals surface area contributed by atoms with Crippen LogP contribution in [-0.4, -0.2) is 23.5 Å². The summed E-state index contributed by atoms with van der Waals surface area (Å²) < 4.78 is 0. The Kier molecular flexibility index (Phi) is 4.25. The maximum Gasteiger partial charge on any atom is 0.0245 e. The molecule has 2 saturated carbocycles. The molecule has 0 saturated heterocycles. The maximum absolute atomic E-state index is 6.36. The van der Waals surface area contributed by atoms with E-state index in [4.69, 9.17) is 5.73 Å². The van der Waals surface area contributed by atoms with Gasteiger partial charge in [-0.05, 0) is 66.3 Å². The van der Waals surface area contributed by atoms with E-state index in [0.717, 1.165) is 18.5 Å². The summed E-state index contributed by atoms with van der Waals surface area (Å²) in [4.78, 5) is 2.70. The van der Waals surface area contributed by atoms with Crippen LogP contribution in [0.3, 0.4) is 0 Å². The molecule has 3 rings (SSSR count). The Balaban J connectivity index is 1.60. The third kappa shape index (κ3) is 3.59. The molecule has 3 unspecified atom stereocenters. The number of nitrogens with two attached hydrogens (primary N) is 1. The van der Waals surface area contributed by atoms with Gasteiger partial charge in [0.2, 0.25) is 0 Å². The molecular formula is C16H26N2S. The molecule has 106 valence electrons. The van der Waals surface area contributed by atoms with Gasteiger partial charge in [-0.3, -0.25) is 4.90 Å². The molecule has 2 aliphatic carbocycles. The molecule has 2 aliphatic rings. The van der Waals surface area contributed by atoms with Crippen LogP contribution in [0, 0.1) is 11.8 Å². The zero-order chi connectivity index (χ0) is 13.2. The first kappa shape index (κ1) is 13.6. The molecule has 2 nitrogen and oxygen atoms in total. The zero-order valence-corrected chi connectivity index (χ0v) is 12.7. The molecule has 1 heterocycles. The predicted octanol–water partition coefficient (Wildman–Crippen LogP) is 3.48. The molecule has 0 aromatic carbocycles. The topological polar surface area (TPSA) is 29.3 Å². The van der Waals surface area contributed by atoms with Crippen LogP contribution in [0.25, 0.3) is 0 Å². The van der Waals surface area contributed by atoms with Gasteiger partial charge in [-0.15, -0.1) is 0 Å². The number of thiophene rings is 1. The largest absolute Gasteiger partial charge is 0.327 e. The molecule has 2 N–H and O–H groups in total. The Labute approximate surface area is 121 Å². The molecule has 3 atom stereocenters. The number of hydrogen-bond acceptors (Lipinski definition) is 3. The van der Waals surface area contributed by atoms with E-state index >= 15 is 0 Å². The van der Waals surface area contributed by atoms with Crippen LogP contribution in [0.2, 0.25) is 0 Å². The van der Waals surface area contributed by atoms with Crippen LogP contribution >= 0.6 is 11.3 Å². The number of hydrogen-bond donors (Lipinski definition) is 1. The number of nitrogens with zero attached hydrogens (tertiary/aromatic N) is 1. The second-order valence-corrected chi connectivity index (χ2v) is 7.41. The van der Waals surface area contributed by atoms with Gasteiger partial charge in [0, 0.05) is 25.2 Å². The zero-order valence-electron chi connectivity index (χ0n) is 11.9. The fourth-order valence-corrected chi connectivity index (χ4v) is 4.09. The van der Waals surface area contributed by atoms with Crippen LogP contribution in [0.4, 0.5) is 0 Å². The lowest BCUT2D eigenvalue weighted by molar-refractivity contribution is 0.150. The third-order valence-corrected chi connectivity index (χ3v) is 5.53. The lowest BCUT2D eigenvalue weighted by atomic mass is 9.79. The van der Waals surface area contributed by atoms with Crippen molar-refractivity contribution in [1.29, 1.82) is 0 Å². The van der Waals surface area contributed by atoms with E-state index in [1.165, 1.54) is 44.2 Å². The molecule has 2 fully saturated rings. The van der Waals surface area contributed by atoms with Gasteiger partial charge in [-0.1, -0.05) is 6.92 Å². The van der Waals surface area contributed by atoms with Crippen molar-refractivity contribution in [3.05, 3.63) is 22.4 Å². The smallest absolute Gasteiger partial charge is 0.0245 e. The van der Waals surface area contributed by atoms with E-state index in [1.54, 1.807) is 0 Å². The highest BCUT2D eigenvalue weighted by Gasteiger charge is 2.34. The van der Waals surface area contributed by atoms with Crippen molar-refractivity contribution >= 4 is 11.3 Å². The van der Waals surface area contributed by atoms with Gasteiger partial charge in [-0.25, -0.2) is 0 Å². The van der Waals surface area contributed by atoms with Crippen molar-refractivity contribution in [2.24, 2.45) is 17.6 Å². The highest BCUT2D eigenvalue weighted by atomic mass is 32.1. The first-order valence-corrected chi connectivity index (χ1v) is 8.67. The normalized spacial score (nSPS) is 31.8. The molecule has 0 radical (unpaired) electrons. The van der Waals surface area contributed by atoms with Crippen molar-refractivity contribution < 1.29 is 0 Å². The van der Waals surface area contributed by atoms with Gasteiger partial charge in [0.1, 0.15) is 0 Å². The first-order chi connectivity index (χ1) is 9.22. The molecule has 1 aromatic heterocycles. The molecule has 3 heteroatoms. The van der Waals surface area contributed by atoms with Crippen LogP contribution in [0.1, 0.15) is 44.6 Å². The van der Waals surface area contributed by atoms with Crippen LogP contribution in [0.5, 0.6) is 0 Å². The summed E-state index contributed by atoms with van der Waals surface area (Å²) in [6.45, 7) is 4.73. The summed E-state index contributed by atoms with van der Waals surface area (Å²) in [5.41, 5.74) is 7.84. The summed E-state index contributed by atoms with van der Waals surface area (Å²) >= 11 is 1.81. The van der Waals surface area contributed by atoms with Crippen molar-refractivity contribution in [2.45, 2.75) is 57.7 Å². The minimum absolute atomic E-state index is 0.430. The Morgan fingerprint density at radius 2 is 2.16 bits per heavy atom. The van der Waals surface area contributed by atoms with Gasteiger partial charge in [0.05, 0.1) is 0 Å². The van der Waals surface area contributed by atoms with E-state index in [9.17, 15) is 0 Å². The molecule has 0 bridgehead atoms. The average molecular weight is 278 g/mol. The minimum Gasteiger partial charge on any atom is -0.327 e. The Bertz CT molecular complexity index is 385. The molecule has 1 aromatic rings. The standard InChI is InChI=1S/C16H26N2S/c1-12-2-5-16(17)14(8-12)10-18(15-3-4-15)9-13-6-7-19-11-13/h6-7,11-12,14-16H,2-5,8-10,17H2,1H3. The molecule has 0 spiro atoms. The number of rotatable bonds is 5. The third-order valence-electron chi connectivity index (χ3n) is 4.80. The van der Waals surface area contributed by atoms with Gasteiger partial charge in [-0.2, -0.15) is 11.3 Å². The highest BCUT2D eigenvalue weighted by molar-refractivity contribution is 7.07. The van der Waals surface area contributed by atoms with E-state index in [2.05, 4.69) is 28.7 Å². The lowest BCUT2D eigenvalue weighted by Gasteiger charge is -2.36. The maximum atomic E-state index is 6.36. The lowest BCUT2D eigenvalue weighted by Crippen LogP contribution is -2.43. The van der Waals surface area contributed by atoms with Crippen molar-refractivity contribution in [3.8, 4) is 0 Å². The van der Waals surface area contributed by atoms with Crippen LogP contribution < -0.4 is 5.73 Å². The minimum atomic E-state index is 0.430. The summed E-state index contributed by atoms with van der Waals surface area (Å²) in [6, 6.07) is 3.54. The molecule has 19 heavy (non-hydrogen) atoms. The quantitative estimate of drug-likeness (QED) is 0.893. The van der Waals surface area contributed by atoms with Gasteiger partial charge >= 0.3 is 0 Å². The van der Waals surface area contributed by atoms with E-state index in [-0.39, 0.29) is 0 Å². The summed E-state index contributed by atoms with van der Waals surface area (Å²) in [5.74, 6) is 1.58. The van der Waals surface area contributed by atoms with Crippen LogP contribution in [0.15, 0.2) is 16.8 Å². The van der Waals surface area contributed by atoms with Gasteiger partial charge < -0.3 is 5.73 Å². The SMILES string of the molecule is CC1CCC(N)C(CN(Cc2ccsc2)C2CC2)C1. The molecule has 0 aliphatic heterocycles. The van der Waals surface area contributed by atoms with Crippen molar-refractivity contribution in [1.82, 2.24) is 4.90 Å². The Morgan fingerprint density at radius 3 is 2.84 bits per heavy atom. The van der Waals surface area contributed by atoms with Crippen molar-refractivity contribution in [2.75, 3.05) is 6.54 Å². The second kappa shape index (κ2) is 5.94. The molecule has 0 amide bonds. The summed E-state index contributed by atoms with van der Waals surface area (Å²) in [7, 11) is 0. The fourth-order valence-electron chi connectivity index (χ4n) is 3.43. The predicted molar refractivity (Wildman–Crippen MR) is 82.2 cm³/mol. The van der Waals surface area contributed by atoms with E-state index < -0.39 is 0 Å². The van der Waals surface area contributed by atoms with Crippen LogP contribution in [-0.2, 0) is 6.54 Å². The Morgan fingerprint density at radius 1 is 1.32 bits per heavy atom. The van der Waals surface area contributed by atoms with Gasteiger partial charge in [0.25, 0.3) is 0 Å². The van der Waals surface area contributed by atoms with E-state index in [0.29, 0.717) is 12.0 Å². The monoisotopic (exact) mass is 278 g/mol. The summed E-state index contributed by atoms with van der Waals surface area (Å²) in [5, 5.41) is 4.48. The molecular weight excluding hydrogens is 252 g/mol.